The number of ether oxygens (including phenoxy) is 1. The molecule has 0 aliphatic carbocycles. The van der Waals surface area contributed by atoms with E-state index in [1.54, 1.807) is 6.20 Å². The second-order valence-electron chi connectivity index (χ2n) is 6.18. The number of rotatable bonds is 7. The van der Waals surface area contributed by atoms with E-state index in [0.717, 1.165) is 46.5 Å². The van der Waals surface area contributed by atoms with Crippen LogP contribution in [0.1, 0.15) is 5.56 Å². The Morgan fingerprint density at radius 1 is 1.00 bits per heavy atom. The Morgan fingerprint density at radius 2 is 1.88 bits per heavy atom. The van der Waals surface area contributed by atoms with Gasteiger partial charge in [-0.05, 0) is 36.9 Å². The molecule has 2 aromatic carbocycles. The molecule has 3 N–H and O–H groups in total. The third-order valence-electron chi connectivity index (χ3n) is 4.42. The van der Waals surface area contributed by atoms with Crippen LogP contribution in [0, 0.1) is 0 Å². The minimum atomic E-state index is 0.596. The number of H-pyrrole nitrogens is 1. The van der Waals surface area contributed by atoms with Crippen molar-refractivity contribution in [2.45, 2.75) is 6.54 Å². The smallest absolute Gasteiger partial charge is 0.166 e. The van der Waals surface area contributed by atoms with Gasteiger partial charge in [0, 0.05) is 30.1 Å². The van der Waals surface area contributed by atoms with Crippen LogP contribution in [-0.2, 0) is 6.54 Å². The summed E-state index contributed by atoms with van der Waals surface area (Å²) in [7, 11) is 1.92. The van der Waals surface area contributed by atoms with Crippen molar-refractivity contribution >= 4 is 27.6 Å². The van der Waals surface area contributed by atoms with E-state index in [4.69, 9.17) is 4.74 Å². The van der Waals surface area contributed by atoms with Gasteiger partial charge < -0.3 is 20.4 Å². The largest absolute Gasteiger partial charge is 0.488 e. The summed E-state index contributed by atoms with van der Waals surface area (Å²) >= 11 is 0. The van der Waals surface area contributed by atoms with Crippen molar-refractivity contribution in [2.75, 3.05) is 25.5 Å². The van der Waals surface area contributed by atoms with Gasteiger partial charge in [-0.1, -0.05) is 30.3 Å². The number of likely N-dealkylation sites (N-methyl/N-ethyl adjacent to an activating group) is 1. The number of hydrogen-bond acceptors (Lipinski definition) is 4. The van der Waals surface area contributed by atoms with Gasteiger partial charge in [0.2, 0.25) is 0 Å². The van der Waals surface area contributed by atoms with E-state index in [0.29, 0.717) is 6.61 Å². The van der Waals surface area contributed by atoms with Crippen LogP contribution in [0.25, 0.3) is 21.9 Å². The van der Waals surface area contributed by atoms with Gasteiger partial charge in [0.15, 0.2) is 5.75 Å². The molecular formula is C21H22N4O. The van der Waals surface area contributed by atoms with Crippen LogP contribution >= 0.6 is 0 Å². The van der Waals surface area contributed by atoms with Gasteiger partial charge in [0.05, 0.1) is 11.2 Å². The lowest BCUT2D eigenvalue weighted by atomic mass is 10.1. The molecule has 0 atom stereocenters. The van der Waals surface area contributed by atoms with Gasteiger partial charge in [0.1, 0.15) is 12.3 Å². The molecule has 0 amide bonds. The highest BCUT2D eigenvalue weighted by Crippen LogP contribution is 2.37. The average molecular weight is 346 g/mol. The molecule has 2 aromatic heterocycles. The highest BCUT2D eigenvalue weighted by Gasteiger charge is 2.14. The zero-order chi connectivity index (χ0) is 17.8. The van der Waals surface area contributed by atoms with Crippen LogP contribution in [0.2, 0.25) is 0 Å². The molecular weight excluding hydrogens is 324 g/mol. The molecule has 0 aliphatic heterocycles. The number of pyridine rings is 1. The average Bonchev–Trinajstić information content (AvgIpc) is 3.07. The molecule has 2 heterocycles. The number of aromatic amines is 1. The van der Waals surface area contributed by atoms with Crippen molar-refractivity contribution in [3.05, 3.63) is 66.4 Å². The second-order valence-corrected chi connectivity index (χ2v) is 6.18. The number of hydrogen-bond donors (Lipinski definition) is 3. The van der Waals surface area contributed by atoms with E-state index in [1.165, 1.54) is 5.56 Å². The maximum atomic E-state index is 6.12. The third-order valence-corrected chi connectivity index (χ3v) is 4.42. The fourth-order valence-electron chi connectivity index (χ4n) is 3.11. The van der Waals surface area contributed by atoms with E-state index in [1.807, 2.05) is 31.3 Å². The van der Waals surface area contributed by atoms with E-state index in [-0.39, 0.29) is 0 Å². The standard InChI is InChI=1S/C21H22N4O/c1-22-12-13-26-20-18(24-14-15-6-3-2-4-7-15)10-9-16-17-8-5-11-23-21(17)25-19(16)20/h2-11,22,24H,12-14H2,1H3,(H,23,25). The van der Waals surface area contributed by atoms with Crippen LogP contribution in [0.3, 0.4) is 0 Å². The molecule has 0 saturated carbocycles. The SMILES string of the molecule is CNCCOc1c(NCc2ccccc2)ccc2c1[nH]c1ncccc12. The molecule has 4 aromatic rings. The Hall–Kier alpha value is -3.05. The van der Waals surface area contributed by atoms with Gasteiger partial charge in [-0.25, -0.2) is 4.98 Å². The molecule has 5 heteroatoms. The van der Waals surface area contributed by atoms with Crippen LogP contribution in [-0.4, -0.2) is 30.2 Å². The number of aromatic nitrogens is 2. The molecule has 0 radical (unpaired) electrons. The van der Waals surface area contributed by atoms with Gasteiger partial charge in [-0.2, -0.15) is 0 Å². The first-order valence-corrected chi connectivity index (χ1v) is 8.81. The first kappa shape index (κ1) is 16.4. The van der Waals surface area contributed by atoms with E-state index in [9.17, 15) is 0 Å². The second kappa shape index (κ2) is 7.45. The Morgan fingerprint density at radius 3 is 2.73 bits per heavy atom. The summed E-state index contributed by atoms with van der Waals surface area (Å²) < 4.78 is 6.12. The highest BCUT2D eigenvalue weighted by molar-refractivity contribution is 6.09. The fourth-order valence-corrected chi connectivity index (χ4v) is 3.11. The van der Waals surface area contributed by atoms with Crippen LogP contribution in [0.5, 0.6) is 5.75 Å². The zero-order valence-electron chi connectivity index (χ0n) is 14.8. The van der Waals surface area contributed by atoms with Crippen LogP contribution in [0.4, 0.5) is 5.69 Å². The van der Waals surface area contributed by atoms with E-state index >= 15 is 0 Å². The highest BCUT2D eigenvalue weighted by atomic mass is 16.5. The minimum absolute atomic E-state index is 0.596. The number of nitrogens with zero attached hydrogens (tertiary/aromatic N) is 1. The Kier molecular flexibility index (Phi) is 4.71. The summed E-state index contributed by atoms with van der Waals surface area (Å²) in [6.45, 7) is 2.12. The van der Waals surface area contributed by atoms with Crippen LogP contribution in [0.15, 0.2) is 60.8 Å². The number of fused-ring (bicyclic) bond motifs is 3. The third kappa shape index (κ3) is 3.21. The first-order valence-electron chi connectivity index (χ1n) is 8.81. The van der Waals surface area contributed by atoms with Crippen molar-refractivity contribution in [3.63, 3.8) is 0 Å². The monoisotopic (exact) mass is 346 g/mol. The quantitative estimate of drug-likeness (QED) is 0.444. The molecule has 0 saturated heterocycles. The van der Waals surface area contributed by atoms with Gasteiger partial charge >= 0.3 is 0 Å². The lowest BCUT2D eigenvalue weighted by molar-refractivity contribution is 0.323. The number of anilines is 1. The molecule has 0 spiro atoms. The molecule has 0 bridgehead atoms. The van der Waals surface area contributed by atoms with E-state index < -0.39 is 0 Å². The summed E-state index contributed by atoms with van der Waals surface area (Å²) in [6, 6.07) is 18.6. The lowest BCUT2D eigenvalue weighted by Crippen LogP contribution is -2.16. The van der Waals surface area contributed by atoms with Crippen molar-refractivity contribution in [1.29, 1.82) is 0 Å². The Labute approximate surface area is 152 Å². The van der Waals surface area contributed by atoms with Gasteiger partial charge in [-0.3, -0.25) is 0 Å². The van der Waals surface area contributed by atoms with Gasteiger partial charge in [0.25, 0.3) is 0 Å². The molecule has 0 aliphatic rings. The summed E-state index contributed by atoms with van der Waals surface area (Å²) in [5.74, 6) is 0.840. The summed E-state index contributed by atoms with van der Waals surface area (Å²) in [6.07, 6.45) is 1.80. The number of benzene rings is 2. The van der Waals surface area contributed by atoms with Crippen molar-refractivity contribution in [2.24, 2.45) is 0 Å². The molecule has 4 rings (SSSR count). The first-order chi connectivity index (χ1) is 12.9. The Bertz CT molecular complexity index is 1010. The zero-order valence-corrected chi connectivity index (χ0v) is 14.8. The van der Waals surface area contributed by atoms with Gasteiger partial charge in [-0.15, -0.1) is 0 Å². The lowest BCUT2D eigenvalue weighted by Gasteiger charge is -2.14. The molecule has 132 valence electrons. The maximum absolute atomic E-state index is 6.12. The van der Waals surface area contributed by atoms with Crippen molar-refractivity contribution in [1.82, 2.24) is 15.3 Å². The van der Waals surface area contributed by atoms with Crippen molar-refractivity contribution < 1.29 is 4.74 Å². The minimum Gasteiger partial charge on any atom is -0.488 e. The van der Waals surface area contributed by atoms with Crippen molar-refractivity contribution in [3.8, 4) is 5.75 Å². The van der Waals surface area contributed by atoms with E-state index in [2.05, 4.69) is 50.9 Å². The fraction of sp³-hybridized carbons (Fsp3) is 0.190. The predicted octanol–water partition coefficient (Wildman–Crippen LogP) is 3.93. The summed E-state index contributed by atoms with van der Waals surface area (Å²) in [5, 5.41) is 8.86. The molecule has 0 unspecified atom stereocenters. The summed E-state index contributed by atoms with van der Waals surface area (Å²) in [5.41, 5.74) is 4.06. The number of nitrogens with one attached hydrogen (secondary N) is 3. The summed E-state index contributed by atoms with van der Waals surface area (Å²) in [4.78, 5) is 7.85. The van der Waals surface area contributed by atoms with Crippen LogP contribution < -0.4 is 15.4 Å². The molecule has 0 fully saturated rings. The topological polar surface area (TPSA) is 62.0 Å². The normalized spacial score (nSPS) is 11.1. The molecule has 5 nitrogen and oxygen atoms in total. The Balaban J connectivity index is 1.72. The maximum Gasteiger partial charge on any atom is 0.166 e. The predicted molar refractivity (Wildman–Crippen MR) is 107 cm³/mol. The molecule has 26 heavy (non-hydrogen) atoms.